The van der Waals surface area contributed by atoms with Crippen LogP contribution in [-0.2, 0) is 11.2 Å². The summed E-state index contributed by atoms with van der Waals surface area (Å²) in [5, 5.41) is 0. The van der Waals surface area contributed by atoms with Crippen molar-refractivity contribution in [3.8, 4) is 0 Å². The van der Waals surface area contributed by atoms with E-state index >= 15 is 0 Å². The molecule has 1 rings (SSSR count). The van der Waals surface area contributed by atoms with Gasteiger partial charge in [0, 0.05) is 12.6 Å². The van der Waals surface area contributed by atoms with Crippen LogP contribution in [0.25, 0.3) is 0 Å². The van der Waals surface area contributed by atoms with E-state index in [1.54, 1.807) is 0 Å². The van der Waals surface area contributed by atoms with E-state index in [1.807, 2.05) is 35.2 Å². The van der Waals surface area contributed by atoms with E-state index < -0.39 is 0 Å². The lowest BCUT2D eigenvalue weighted by Crippen LogP contribution is -2.38. The summed E-state index contributed by atoms with van der Waals surface area (Å²) in [6.07, 6.45) is 1.53. The molecule has 0 atom stereocenters. The highest BCUT2D eigenvalue weighted by atomic mass is 16.2. The summed E-state index contributed by atoms with van der Waals surface area (Å²) in [6, 6.07) is 10.2. The first kappa shape index (κ1) is 12.8. The molecule has 0 saturated carbocycles. The van der Waals surface area contributed by atoms with Crippen molar-refractivity contribution in [2.45, 2.75) is 39.7 Å². The van der Waals surface area contributed by atoms with E-state index in [9.17, 15) is 4.79 Å². The van der Waals surface area contributed by atoms with Gasteiger partial charge in [-0.05, 0) is 25.8 Å². The molecule has 2 nitrogen and oxygen atoms in total. The first-order valence-electron chi connectivity index (χ1n) is 5.98. The second-order valence-electron chi connectivity index (χ2n) is 4.34. The first-order chi connectivity index (χ1) is 7.65. The zero-order valence-electron chi connectivity index (χ0n) is 10.4. The molecule has 0 fully saturated rings. The normalized spacial score (nSPS) is 10.5. The molecule has 0 aliphatic rings. The third-order valence-electron chi connectivity index (χ3n) is 2.61. The van der Waals surface area contributed by atoms with Gasteiger partial charge in [0.25, 0.3) is 0 Å². The molecule has 1 aromatic carbocycles. The van der Waals surface area contributed by atoms with E-state index in [0.29, 0.717) is 6.42 Å². The maximum absolute atomic E-state index is 12.1. The fourth-order valence-corrected chi connectivity index (χ4v) is 1.78. The molecule has 1 aromatic rings. The van der Waals surface area contributed by atoms with Crippen LogP contribution in [0, 0.1) is 0 Å². The van der Waals surface area contributed by atoms with Crippen molar-refractivity contribution in [2.24, 2.45) is 0 Å². The Kier molecular flexibility index (Phi) is 5.03. The van der Waals surface area contributed by atoms with Crippen LogP contribution in [0.1, 0.15) is 32.8 Å². The fraction of sp³-hybridized carbons (Fsp3) is 0.500. The van der Waals surface area contributed by atoms with Gasteiger partial charge in [0.1, 0.15) is 0 Å². The van der Waals surface area contributed by atoms with Crippen LogP contribution in [0.3, 0.4) is 0 Å². The summed E-state index contributed by atoms with van der Waals surface area (Å²) in [7, 11) is 0. The summed E-state index contributed by atoms with van der Waals surface area (Å²) in [6.45, 7) is 7.09. The van der Waals surface area contributed by atoms with Gasteiger partial charge in [0.15, 0.2) is 0 Å². The van der Waals surface area contributed by atoms with E-state index in [2.05, 4.69) is 20.8 Å². The molecule has 0 spiro atoms. The molecule has 0 aliphatic heterocycles. The predicted octanol–water partition coefficient (Wildman–Crippen LogP) is 2.88. The maximum Gasteiger partial charge on any atom is 0.227 e. The van der Waals surface area contributed by atoms with Crippen molar-refractivity contribution in [2.75, 3.05) is 6.54 Å². The van der Waals surface area contributed by atoms with Crippen molar-refractivity contribution in [1.82, 2.24) is 4.90 Å². The number of hydrogen-bond acceptors (Lipinski definition) is 1. The van der Waals surface area contributed by atoms with Crippen LogP contribution in [0.2, 0.25) is 0 Å². The molecule has 0 radical (unpaired) electrons. The SMILES string of the molecule is CCCN(C(=O)Cc1ccccc1)C(C)C. The number of rotatable bonds is 5. The number of amides is 1. The summed E-state index contributed by atoms with van der Waals surface area (Å²) in [4.78, 5) is 14.0. The monoisotopic (exact) mass is 219 g/mol. The van der Waals surface area contributed by atoms with Crippen LogP contribution in [0.15, 0.2) is 30.3 Å². The lowest BCUT2D eigenvalue weighted by molar-refractivity contribution is -0.132. The van der Waals surface area contributed by atoms with Crippen LogP contribution in [-0.4, -0.2) is 23.4 Å². The Balaban J connectivity index is 2.62. The minimum atomic E-state index is 0.225. The maximum atomic E-state index is 12.1. The zero-order valence-corrected chi connectivity index (χ0v) is 10.4. The Hall–Kier alpha value is -1.31. The van der Waals surface area contributed by atoms with Gasteiger partial charge in [-0.25, -0.2) is 0 Å². The average molecular weight is 219 g/mol. The zero-order chi connectivity index (χ0) is 12.0. The molecular weight excluding hydrogens is 198 g/mol. The highest BCUT2D eigenvalue weighted by Crippen LogP contribution is 2.06. The lowest BCUT2D eigenvalue weighted by Gasteiger charge is -2.26. The van der Waals surface area contributed by atoms with E-state index in [-0.39, 0.29) is 11.9 Å². The smallest absolute Gasteiger partial charge is 0.227 e. The Morgan fingerprint density at radius 3 is 2.38 bits per heavy atom. The molecule has 2 heteroatoms. The molecule has 0 saturated heterocycles. The Morgan fingerprint density at radius 1 is 1.25 bits per heavy atom. The Bertz CT molecular complexity index is 319. The van der Waals surface area contributed by atoms with Gasteiger partial charge in [-0.3, -0.25) is 4.79 Å². The van der Waals surface area contributed by atoms with Gasteiger partial charge < -0.3 is 4.90 Å². The van der Waals surface area contributed by atoms with Gasteiger partial charge in [-0.1, -0.05) is 37.3 Å². The van der Waals surface area contributed by atoms with Gasteiger partial charge in [0.05, 0.1) is 6.42 Å². The third kappa shape index (κ3) is 3.69. The Morgan fingerprint density at radius 2 is 1.88 bits per heavy atom. The average Bonchev–Trinajstić information content (AvgIpc) is 2.26. The molecule has 0 N–H and O–H groups in total. The number of nitrogens with zero attached hydrogens (tertiary/aromatic N) is 1. The van der Waals surface area contributed by atoms with Gasteiger partial charge in [0.2, 0.25) is 5.91 Å². The van der Waals surface area contributed by atoms with Crippen molar-refractivity contribution in [3.63, 3.8) is 0 Å². The summed E-state index contributed by atoms with van der Waals surface area (Å²) in [5.74, 6) is 0.225. The van der Waals surface area contributed by atoms with Gasteiger partial charge >= 0.3 is 0 Å². The molecular formula is C14H21NO. The second-order valence-corrected chi connectivity index (χ2v) is 4.34. The summed E-state index contributed by atoms with van der Waals surface area (Å²) in [5.41, 5.74) is 1.09. The number of hydrogen-bond donors (Lipinski definition) is 0. The minimum absolute atomic E-state index is 0.225. The van der Waals surface area contributed by atoms with Crippen molar-refractivity contribution < 1.29 is 4.79 Å². The predicted molar refractivity (Wildman–Crippen MR) is 67.3 cm³/mol. The molecule has 0 bridgehead atoms. The van der Waals surface area contributed by atoms with Gasteiger partial charge in [-0.2, -0.15) is 0 Å². The topological polar surface area (TPSA) is 20.3 Å². The van der Waals surface area contributed by atoms with Crippen LogP contribution in [0.5, 0.6) is 0 Å². The lowest BCUT2D eigenvalue weighted by atomic mass is 10.1. The minimum Gasteiger partial charge on any atom is -0.340 e. The van der Waals surface area contributed by atoms with Crippen molar-refractivity contribution in [1.29, 1.82) is 0 Å². The van der Waals surface area contributed by atoms with E-state index in [4.69, 9.17) is 0 Å². The molecule has 0 aromatic heterocycles. The number of carbonyl (C=O) groups is 1. The number of benzene rings is 1. The summed E-state index contributed by atoms with van der Waals surface area (Å²) < 4.78 is 0. The fourth-order valence-electron chi connectivity index (χ4n) is 1.78. The Labute approximate surface area is 98.3 Å². The first-order valence-corrected chi connectivity index (χ1v) is 5.98. The summed E-state index contributed by atoms with van der Waals surface area (Å²) >= 11 is 0. The molecule has 16 heavy (non-hydrogen) atoms. The molecule has 0 aliphatic carbocycles. The highest BCUT2D eigenvalue weighted by Gasteiger charge is 2.15. The van der Waals surface area contributed by atoms with Crippen LogP contribution in [0.4, 0.5) is 0 Å². The third-order valence-corrected chi connectivity index (χ3v) is 2.61. The standard InChI is InChI=1S/C14H21NO/c1-4-10-15(12(2)3)14(16)11-13-8-6-5-7-9-13/h5-9,12H,4,10-11H2,1-3H3. The van der Waals surface area contributed by atoms with Crippen LogP contribution < -0.4 is 0 Å². The van der Waals surface area contributed by atoms with E-state index in [0.717, 1.165) is 18.5 Å². The van der Waals surface area contributed by atoms with Crippen molar-refractivity contribution >= 4 is 5.91 Å². The second kappa shape index (κ2) is 6.31. The molecule has 1 amide bonds. The van der Waals surface area contributed by atoms with Crippen molar-refractivity contribution in [3.05, 3.63) is 35.9 Å². The largest absolute Gasteiger partial charge is 0.340 e. The molecule has 88 valence electrons. The van der Waals surface area contributed by atoms with Crippen LogP contribution >= 0.6 is 0 Å². The number of carbonyl (C=O) groups excluding carboxylic acids is 1. The molecule has 0 heterocycles. The highest BCUT2D eigenvalue weighted by molar-refractivity contribution is 5.79. The quantitative estimate of drug-likeness (QED) is 0.745. The molecule has 0 unspecified atom stereocenters. The van der Waals surface area contributed by atoms with E-state index in [1.165, 1.54) is 0 Å². The van der Waals surface area contributed by atoms with Gasteiger partial charge in [-0.15, -0.1) is 0 Å².